The summed E-state index contributed by atoms with van der Waals surface area (Å²) in [7, 11) is 0. The quantitative estimate of drug-likeness (QED) is 0.770. The van der Waals surface area contributed by atoms with Crippen LogP contribution >= 0.6 is 11.3 Å². The average molecular weight is 285 g/mol. The van der Waals surface area contributed by atoms with E-state index in [2.05, 4.69) is 15.3 Å². The predicted molar refractivity (Wildman–Crippen MR) is 78.1 cm³/mol. The Morgan fingerprint density at radius 3 is 2.95 bits per heavy atom. The number of aromatic nitrogens is 2. The zero-order valence-electron chi connectivity index (χ0n) is 10.4. The maximum absolute atomic E-state index is 11.1. The van der Waals surface area contributed by atoms with Gasteiger partial charge in [-0.3, -0.25) is 4.98 Å². The molecule has 2 aromatic heterocycles. The molecule has 0 aliphatic rings. The van der Waals surface area contributed by atoms with E-state index in [1.165, 1.54) is 0 Å². The summed E-state index contributed by atoms with van der Waals surface area (Å²) in [4.78, 5) is 20.4. The molecular formula is C14H11N3O2S. The van der Waals surface area contributed by atoms with E-state index >= 15 is 0 Å². The molecule has 0 saturated carbocycles. The van der Waals surface area contributed by atoms with E-state index in [0.717, 1.165) is 15.6 Å². The van der Waals surface area contributed by atoms with Crippen molar-refractivity contribution in [3.05, 3.63) is 52.6 Å². The van der Waals surface area contributed by atoms with Gasteiger partial charge in [-0.2, -0.15) is 0 Å². The Kier molecular flexibility index (Phi) is 3.30. The molecule has 20 heavy (non-hydrogen) atoms. The standard InChI is InChI=1S/C14H11N3O2S/c18-14(19)12-5-9-3-1-2-4-11(9)13(17-12)16-7-10-6-15-8-20-10/h1-6,8H,7H2,(H,16,17)(H,18,19). The van der Waals surface area contributed by atoms with Crippen LogP contribution in [0.1, 0.15) is 15.4 Å². The molecule has 5 nitrogen and oxygen atoms in total. The maximum Gasteiger partial charge on any atom is 0.354 e. The van der Waals surface area contributed by atoms with Crippen LogP contribution in [-0.2, 0) is 6.54 Å². The summed E-state index contributed by atoms with van der Waals surface area (Å²) in [6, 6.07) is 9.16. The number of anilines is 1. The molecular weight excluding hydrogens is 274 g/mol. The van der Waals surface area contributed by atoms with E-state index in [9.17, 15) is 4.79 Å². The number of benzene rings is 1. The third kappa shape index (κ3) is 2.46. The number of aromatic carboxylic acids is 1. The number of carbonyl (C=O) groups is 1. The Bertz CT molecular complexity index is 756. The molecule has 3 aromatic rings. The summed E-state index contributed by atoms with van der Waals surface area (Å²) < 4.78 is 0. The van der Waals surface area contributed by atoms with Gasteiger partial charge in [0.05, 0.1) is 12.1 Å². The first-order valence-corrected chi connectivity index (χ1v) is 6.86. The highest BCUT2D eigenvalue weighted by molar-refractivity contribution is 7.09. The molecule has 1 aromatic carbocycles. The van der Waals surface area contributed by atoms with Crippen LogP contribution in [0.25, 0.3) is 10.8 Å². The van der Waals surface area contributed by atoms with Crippen molar-refractivity contribution in [2.24, 2.45) is 0 Å². The van der Waals surface area contributed by atoms with Crippen molar-refractivity contribution in [3.8, 4) is 0 Å². The van der Waals surface area contributed by atoms with Crippen molar-refractivity contribution in [3.63, 3.8) is 0 Å². The van der Waals surface area contributed by atoms with Gasteiger partial charge in [0.1, 0.15) is 5.82 Å². The lowest BCUT2D eigenvalue weighted by atomic mass is 10.1. The topological polar surface area (TPSA) is 75.1 Å². The third-order valence-corrected chi connectivity index (χ3v) is 3.65. The molecule has 0 aliphatic heterocycles. The molecule has 0 saturated heterocycles. The summed E-state index contributed by atoms with van der Waals surface area (Å²) >= 11 is 1.54. The fraction of sp³-hybridized carbons (Fsp3) is 0.0714. The minimum absolute atomic E-state index is 0.0375. The van der Waals surface area contributed by atoms with Crippen LogP contribution in [0.5, 0.6) is 0 Å². The summed E-state index contributed by atoms with van der Waals surface area (Å²) in [5.74, 6) is -0.453. The van der Waals surface area contributed by atoms with Gasteiger partial charge < -0.3 is 10.4 Å². The van der Waals surface area contributed by atoms with Gasteiger partial charge in [-0.1, -0.05) is 24.3 Å². The van der Waals surface area contributed by atoms with Gasteiger partial charge in [0.2, 0.25) is 0 Å². The van der Waals surface area contributed by atoms with Crippen LogP contribution in [-0.4, -0.2) is 21.0 Å². The predicted octanol–water partition coefficient (Wildman–Crippen LogP) is 3.00. The third-order valence-electron chi connectivity index (χ3n) is 2.87. The van der Waals surface area contributed by atoms with E-state index in [4.69, 9.17) is 5.11 Å². The number of carboxylic acids is 1. The highest BCUT2D eigenvalue weighted by atomic mass is 32.1. The fourth-order valence-corrected chi connectivity index (χ4v) is 2.48. The first-order valence-electron chi connectivity index (χ1n) is 5.98. The average Bonchev–Trinajstić information content (AvgIpc) is 2.97. The molecule has 6 heteroatoms. The number of nitrogens with one attached hydrogen (secondary N) is 1. The second kappa shape index (κ2) is 5.26. The van der Waals surface area contributed by atoms with E-state index < -0.39 is 5.97 Å². The second-order valence-electron chi connectivity index (χ2n) is 4.20. The smallest absolute Gasteiger partial charge is 0.354 e. The van der Waals surface area contributed by atoms with Gasteiger partial charge in [-0.25, -0.2) is 9.78 Å². The second-order valence-corrected chi connectivity index (χ2v) is 5.17. The van der Waals surface area contributed by atoms with Crippen molar-refractivity contribution < 1.29 is 9.90 Å². The Balaban J connectivity index is 2.00. The normalized spacial score (nSPS) is 10.6. The van der Waals surface area contributed by atoms with Gasteiger partial charge in [-0.05, 0) is 11.5 Å². The molecule has 0 radical (unpaired) electrons. The fourth-order valence-electron chi connectivity index (χ4n) is 1.94. The zero-order chi connectivity index (χ0) is 13.9. The summed E-state index contributed by atoms with van der Waals surface area (Å²) in [6.07, 6.45) is 1.78. The molecule has 0 atom stereocenters. The minimum atomic E-state index is -1.03. The minimum Gasteiger partial charge on any atom is -0.477 e. The van der Waals surface area contributed by atoms with Crippen LogP contribution in [0, 0.1) is 0 Å². The monoisotopic (exact) mass is 285 g/mol. The van der Waals surface area contributed by atoms with Crippen molar-refractivity contribution in [2.75, 3.05) is 5.32 Å². The molecule has 2 N–H and O–H groups in total. The lowest BCUT2D eigenvalue weighted by Crippen LogP contribution is -2.06. The van der Waals surface area contributed by atoms with E-state index in [1.807, 2.05) is 24.3 Å². The maximum atomic E-state index is 11.1. The number of thiazole rings is 1. The molecule has 2 heterocycles. The van der Waals surface area contributed by atoms with Crippen molar-refractivity contribution in [1.82, 2.24) is 9.97 Å². The molecule has 0 aliphatic carbocycles. The highest BCUT2D eigenvalue weighted by Crippen LogP contribution is 2.23. The molecule has 3 rings (SSSR count). The Labute approximate surface area is 118 Å². The lowest BCUT2D eigenvalue weighted by Gasteiger charge is -2.09. The molecule has 0 fully saturated rings. The first-order chi connectivity index (χ1) is 9.74. The number of carboxylic acid groups (broad SMARTS) is 1. The number of hydrogen-bond acceptors (Lipinski definition) is 5. The Morgan fingerprint density at radius 1 is 1.35 bits per heavy atom. The van der Waals surface area contributed by atoms with Gasteiger partial charge in [0.15, 0.2) is 5.69 Å². The number of nitrogens with zero attached hydrogens (tertiary/aromatic N) is 2. The summed E-state index contributed by atoms with van der Waals surface area (Å²) in [5.41, 5.74) is 1.80. The summed E-state index contributed by atoms with van der Waals surface area (Å²) in [5, 5.41) is 14.1. The van der Waals surface area contributed by atoms with Crippen molar-refractivity contribution >= 4 is 33.9 Å². The number of rotatable bonds is 4. The zero-order valence-corrected chi connectivity index (χ0v) is 11.2. The molecule has 0 amide bonds. The first kappa shape index (κ1) is 12.6. The number of fused-ring (bicyclic) bond motifs is 1. The van der Waals surface area contributed by atoms with E-state index in [1.54, 1.807) is 29.1 Å². The lowest BCUT2D eigenvalue weighted by molar-refractivity contribution is 0.0691. The van der Waals surface area contributed by atoms with Crippen LogP contribution < -0.4 is 5.32 Å². The SMILES string of the molecule is O=C(O)c1cc2ccccc2c(NCc2cncs2)n1. The van der Waals surface area contributed by atoms with Gasteiger partial charge in [0.25, 0.3) is 0 Å². The van der Waals surface area contributed by atoms with Crippen molar-refractivity contribution in [2.45, 2.75) is 6.54 Å². The molecule has 100 valence electrons. The van der Waals surface area contributed by atoms with E-state index in [-0.39, 0.29) is 5.69 Å². The Hall–Kier alpha value is -2.47. The van der Waals surface area contributed by atoms with Crippen LogP contribution in [0.2, 0.25) is 0 Å². The van der Waals surface area contributed by atoms with Gasteiger partial charge >= 0.3 is 5.97 Å². The highest BCUT2D eigenvalue weighted by Gasteiger charge is 2.10. The number of hydrogen-bond donors (Lipinski definition) is 2. The van der Waals surface area contributed by atoms with Gasteiger partial charge in [-0.15, -0.1) is 11.3 Å². The number of pyridine rings is 1. The largest absolute Gasteiger partial charge is 0.477 e. The van der Waals surface area contributed by atoms with Gasteiger partial charge in [0, 0.05) is 16.5 Å². The summed E-state index contributed by atoms with van der Waals surface area (Å²) in [6.45, 7) is 0.574. The van der Waals surface area contributed by atoms with Crippen LogP contribution in [0.4, 0.5) is 5.82 Å². The molecule has 0 spiro atoms. The molecule has 0 bridgehead atoms. The van der Waals surface area contributed by atoms with E-state index in [0.29, 0.717) is 12.4 Å². The van der Waals surface area contributed by atoms with Crippen LogP contribution in [0.3, 0.4) is 0 Å². The Morgan fingerprint density at radius 2 is 2.20 bits per heavy atom. The molecule has 0 unspecified atom stereocenters. The van der Waals surface area contributed by atoms with Crippen molar-refractivity contribution in [1.29, 1.82) is 0 Å². The van der Waals surface area contributed by atoms with Crippen LogP contribution in [0.15, 0.2) is 42.0 Å².